The van der Waals surface area contributed by atoms with Gasteiger partial charge in [-0.15, -0.1) is 0 Å². The lowest BCUT2D eigenvalue weighted by molar-refractivity contribution is -0.115. The van der Waals surface area contributed by atoms with E-state index in [4.69, 9.17) is 4.74 Å². The van der Waals surface area contributed by atoms with Gasteiger partial charge >= 0.3 is 6.03 Å². The highest BCUT2D eigenvalue weighted by Crippen LogP contribution is 2.31. The van der Waals surface area contributed by atoms with Crippen LogP contribution in [0, 0.1) is 5.92 Å². The molecule has 0 bridgehead atoms. The van der Waals surface area contributed by atoms with Crippen LogP contribution in [-0.4, -0.2) is 82.3 Å². The molecule has 10 heteroatoms. The summed E-state index contributed by atoms with van der Waals surface area (Å²) >= 11 is 0. The number of hydrogen-bond acceptors (Lipinski definition) is 5. The average Bonchev–Trinajstić information content (AvgIpc) is 3.33. The van der Waals surface area contributed by atoms with E-state index in [0.717, 1.165) is 42.1 Å². The molecule has 0 radical (unpaired) electrons. The number of aryl methyl sites for hydroxylation is 1. The monoisotopic (exact) mass is 603 g/mol. The van der Waals surface area contributed by atoms with Crippen LogP contribution < -0.4 is 15.4 Å². The number of aliphatic hydroxyl groups excluding tert-OH is 1. The largest absolute Gasteiger partial charge is 0.487 e. The van der Waals surface area contributed by atoms with Gasteiger partial charge in [0.2, 0.25) is 5.91 Å². The Bertz CT molecular complexity index is 1500. The highest BCUT2D eigenvalue weighted by Gasteiger charge is 2.34. The van der Waals surface area contributed by atoms with Crippen LogP contribution in [0.2, 0.25) is 0 Å². The highest BCUT2D eigenvalue weighted by molar-refractivity contribution is 6.00. The fourth-order valence-corrected chi connectivity index (χ4v) is 6.35. The average molecular weight is 604 g/mol. The smallest absolute Gasteiger partial charge is 0.317 e. The third kappa shape index (κ3) is 7.01. The molecule has 0 saturated heterocycles. The zero-order chi connectivity index (χ0) is 31.4. The third-order valence-electron chi connectivity index (χ3n) is 9.01. The summed E-state index contributed by atoms with van der Waals surface area (Å²) in [6.45, 7) is 4.29. The number of ether oxygens (including phenoxy) is 1. The summed E-state index contributed by atoms with van der Waals surface area (Å²) in [6, 6.07) is 12.7. The molecule has 10 nitrogen and oxygen atoms in total. The number of aromatic nitrogens is 1. The molecule has 236 valence electrons. The number of anilines is 1. The van der Waals surface area contributed by atoms with E-state index in [0.29, 0.717) is 30.1 Å². The zero-order valence-electron chi connectivity index (χ0n) is 26.2. The van der Waals surface area contributed by atoms with Crippen molar-refractivity contribution in [3.8, 4) is 5.75 Å². The van der Waals surface area contributed by atoms with Crippen molar-refractivity contribution in [1.82, 2.24) is 19.7 Å². The Morgan fingerprint density at radius 3 is 2.64 bits per heavy atom. The molecule has 2 aliphatic rings. The molecule has 44 heavy (non-hydrogen) atoms. The van der Waals surface area contributed by atoms with Gasteiger partial charge in [0, 0.05) is 55.4 Å². The van der Waals surface area contributed by atoms with Crippen LogP contribution >= 0.6 is 0 Å². The van der Waals surface area contributed by atoms with Crippen molar-refractivity contribution in [1.29, 1.82) is 0 Å². The fourth-order valence-electron chi connectivity index (χ4n) is 6.35. The maximum atomic E-state index is 13.8. The van der Waals surface area contributed by atoms with E-state index >= 15 is 0 Å². The van der Waals surface area contributed by atoms with Crippen molar-refractivity contribution in [2.75, 3.05) is 32.1 Å². The van der Waals surface area contributed by atoms with Crippen molar-refractivity contribution >= 4 is 34.4 Å². The summed E-state index contributed by atoms with van der Waals surface area (Å²) < 4.78 is 8.46. The van der Waals surface area contributed by atoms with Crippen LogP contribution in [0.15, 0.2) is 48.7 Å². The van der Waals surface area contributed by atoms with Gasteiger partial charge in [-0.1, -0.05) is 44.4 Å². The number of amides is 4. The number of carbonyl (C=O) groups excluding carboxylic acids is 3. The quantitative estimate of drug-likeness (QED) is 0.349. The minimum Gasteiger partial charge on any atom is -0.487 e. The van der Waals surface area contributed by atoms with Gasteiger partial charge in [0.25, 0.3) is 5.91 Å². The summed E-state index contributed by atoms with van der Waals surface area (Å²) in [7, 11) is 3.72. The number of benzene rings is 2. The molecule has 0 unspecified atom stereocenters. The fraction of sp³-hybridized carbons (Fsp3) is 0.500. The second-order valence-corrected chi connectivity index (χ2v) is 12.5. The summed E-state index contributed by atoms with van der Waals surface area (Å²) in [6.07, 6.45) is 7.23. The summed E-state index contributed by atoms with van der Waals surface area (Å²) in [4.78, 5) is 43.3. The molecule has 1 saturated carbocycles. The minimum absolute atomic E-state index is 0.119. The van der Waals surface area contributed by atoms with E-state index in [9.17, 15) is 19.5 Å². The standard InChI is InChI=1S/C34H45N5O5/c1-22-18-39(23(2)21-40)33(42)28-17-26(35-32(41)16-24-19-37(3)29-13-9-8-12-27(24)29)14-15-30(28)44-31(22)20-38(4)34(43)36-25-10-6-5-7-11-25/h8-9,12-15,17,19,22-23,25,31,40H,5-7,10-11,16,18,20-21H2,1-4H3,(H,35,41)(H,36,43)/t22-,23+,31-/m0/s1. The van der Waals surface area contributed by atoms with Crippen LogP contribution in [0.25, 0.3) is 10.9 Å². The van der Waals surface area contributed by atoms with E-state index in [2.05, 4.69) is 10.6 Å². The number of hydrogen-bond donors (Lipinski definition) is 3. The Morgan fingerprint density at radius 1 is 1.14 bits per heavy atom. The van der Waals surface area contributed by atoms with Crippen molar-refractivity contribution in [2.45, 2.75) is 70.6 Å². The Balaban J connectivity index is 1.34. The van der Waals surface area contributed by atoms with E-state index < -0.39 is 12.1 Å². The number of fused-ring (bicyclic) bond motifs is 2. The maximum absolute atomic E-state index is 13.8. The Morgan fingerprint density at radius 2 is 1.89 bits per heavy atom. The van der Waals surface area contributed by atoms with Gasteiger partial charge in [0.1, 0.15) is 11.9 Å². The van der Waals surface area contributed by atoms with Gasteiger partial charge in [-0.25, -0.2) is 4.79 Å². The third-order valence-corrected chi connectivity index (χ3v) is 9.01. The van der Waals surface area contributed by atoms with Gasteiger partial charge in [0.05, 0.1) is 31.2 Å². The Hall–Kier alpha value is -4.05. The van der Waals surface area contributed by atoms with Crippen molar-refractivity contribution in [3.63, 3.8) is 0 Å². The highest BCUT2D eigenvalue weighted by atomic mass is 16.5. The number of likely N-dealkylation sites (N-methyl/N-ethyl adjacent to an activating group) is 1. The zero-order valence-corrected chi connectivity index (χ0v) is 26.2. The lowest BCUT2D eigenvalue weighted by Crippen LogP contribution is -2.52. The van der Waals surface area contributed by atoms with Crippen LogP contribution in [0.4, 0.5) is 10.5 Å². The van der Waals surface area contributed by atoms with E-state index in [-0.39, 0.29) is 42.8 Å². The molecule has 3 N–H and O–H groups in total. The van der Waals surface area contributed by atoms with E-state index in [1.165, 1.54) is 6.42 Å². The molecule has 1 fully saturated rings. The predicted octanol–water partition coefficient (Wildman–Crippen LogP) is 4.55. The maximum Gasteiger partial charge on any atom is 0.317 e. The number of urea groups is 1. The number of nitrogens with zero attached hydrogens (tertiary/aromatic N) is 3. The number of nitrogens with one attached hydrogen (secondary N) is 2. The van der Waals surface area contributed by atoms with Gasteiger partial charge in [-0.05, 0) is 49.6 Å². The number of aliphatic hydroxyl groups is 1. The second kappa shape index (κ2) is 13.7. The molecule has 1 aliphatic carbocycles. The first kappa shape index (κ1) is 31.4. The van der Waals surface area contributed by atoms with Crippen LogP contribution in [0.1, 0.15) is 61.9 Å². The van der Waals surface area contributed by atoms with Crippen molar-refractivity contribution in [2.24, 2.45) is 13.0 Å². The lowest BCUT2D eigenvalue weighted by atomic mass is 9.96. The number of para-hydroxylation sites is 1. The molecule has 4 amide bonds. The Labute approximate surface area is 259 Å². The number of rotatable bonds is 8. The minimum atomic E-state index is -0.423. The topological polar surface area (TPSA) is 116 Å². The first-order chi connectivity index (χ1) is 21.1. The molecule has 5 rings (SSSR count). The Kier molecular flexibility index (Phi) is 9.78. The second-order valence-electron chi connectivity index (χ2n) is 12.5. The summed E-state index contributed by atoms with van der Waals surface area (Å²) in [5.41, 5.74) is 2.76. The molecule has 1 aliphatic heterocycles. The van der Waals surface area contributed by atoms with Gasteiger partial charge < -0.3 is 34.8 Å². The molecule has 1 aromatic heterocycles. The van der Waals surface area contributed by atoms with Crippen molar-refractivity contribution in [3.05, 3.63) is 59.8 Å². The van der Waals surface area contributed by atoms with Crippen LogP contribution in [-0.2, 0) is 18.3 Å². The molecule has 0 spiro atoms. The van der Waals surface area contributed by atoms with Gasteiger partial charge in [0.15, 0.2) is 0 Å². The molecular weight excluding hydrogens is 558 g/mol. The normalized spacial score (nSPS) is 19.8. The first-order valence-corrected chi connectivity index (χ1v) is 15.7. The molecule has 2 aromatic carbocycles. The molecule has 3 atom stereocenters. The lowest BCUT2D eigenvalue weighted by Gasteiger charge is -2.38. The van der Waals surface area contributed by atoms with E-state index in [1.807, 2.05) is 49.0 Å². The van der Waals surface area contributed by atoms with Crippen LogP contribution in [0.3, 0.4) is 0 Å². The predicted molar refractivity (Wildman–Crippen MR) is 171 cm³/mol. The molecular formula is C34H45N5O5. The molecule has 3 aromatic rings. The summed E-state index contributed by atoms with van der Waals surface area (Å²) in [5, 5.41) is 17.1. The van der Waals surface area contributed by atoms with Crippen LogP contribution in [0.5, 0.6) is 5.75 Å². The molecule has 2 heterocycles. The number of carbonyl (C=O) groups is 3. The SMILES string of the molecule is C[C@H](CO)N1C[C@H](C)[C@H](CN(C)C(=O)NC2CCCCC2)Oc2ccc(NC(=O)Cc3cn(C)c4ccccc34)cc2C1=O. The van der Waals surface area contributed by atoms with Crippen molar-refractivity contribution < 1.29 is 24.2 Å². The van der Waals surface area contributed by atoms with Gasteiger partial charge in [-0.2, -0.15) is 0 Å². The summed E-state index contributed by atoms with van der Waals surface area (Å²) in [5.74, 6) is -0.209. The van der Waals surface area contributed by atoms with Gasteiger partial charge in [-0.3, -0.25) is 9.59 Å². The van der Waals surface area contributed by atoms with E-state index in [1.54, 1.807) is 42.0 Å². The first-order valence-electron chi connectivity index (χ1n) is 15.7.